The molecule has 23 heavy (non-hydrogen) atoms. The van der Waals surface area contributed by atoms with E-state index in [1.54, 1.807) is 5.32 Å². The molecular weight excluding hydrogens is 333 g/mol. The summed E-state index contributed by atoms with van der Waals surface area (Å²) in [5.41, 5.74) is -0.276. The third-order valence-corrected chi connectivity index (χ3v) is 5.47. The van der Waals surface area contributed by atoms with Crippen molar-refractivity contribution in [3.8, 4) is 0 Å². The van der Waals surface area contributed by atoms with Gasteiger partial charge < -0.3 is 5.32 Å². The number of rotatable bonds is 4. The van der Waals surface area contributed by atoms with Gasteiger partial charge >= 0.3 is 6.18 Å². The molecule has 0 spiro atoms. The second kappa shape index (κ2) is 6.88. The van der Waals surface area contributed by atoms with Crippen molar-refractivity contribution >= 4 is 15.9 Å². The van der Waals surface area contributed by atoms with Crippen LogP contribution >= 0.6 is 0 Å². The Morgan fingerprint density at radius 1 is 1.13 bits per heavy atom. The third-order valence-electron chi connectivity index (χ3n) is 3.51. The van der Waals surface area contributed by atoms with Crippen molar-refractivity contribution < 1.29 is 26.4 Å². The molecule has 0 unspecified atom stereocenters. The van der Waals surface area contributed by atoms with Crippen LogP contribution in [0.1, 0.15) is 29.6 Å². The van der Waals surface area contributed by atoms with E-state index in [-0.39, 0.29) is 10.5 Å². The highest BCUT2D eigenvalue weighted by Gasteiger charge is 2.32. The summed E-state index contributed by atoms with van der Waals surface area (Å²) >= 11 is 0. The molecule has 0 aliphatic carbocycles. The Morgan fingerprint density at radius 2 is 1.74 bits per heavy atom. The molecule has 5 nitrogen and oxygen atoms in total. The molecule has 0 saturated carbocycles. The monoisotopic (exact) mass is 350 g/mol. The molecule has 0 bridgehead atoms. The number of hydrogen-bond donors (Lipinski definition) is 1. The highest BCUT2D eigenvalue weighted by molar-refractivity contribution is 7.89. The Hall–Kier alpha value is -1.61. The van der Waals surface area contributed by atoms with Crippen LogP contribution in [0.5, 0.6) is 0 Å². The summed E-state index contributed by atoms with van der Waals surface area (Å²) in [6, 6.07) is 5.31. The van der Waals surface area contributed by atoms with Gasteiger partial charge in [0.25, 0.3) is 5.91 Å². The van der Waals surface area contributed by atoms with Crippen LogP contribution in [0.2, 0.25) is 0 Å². The number of benzene rings is 1. The second-order valence-corrected chi connectivity index (χ2v) is 7.17. The van der Waals surface area contributed by atoms with Gasteiger partial charge in [-0.25, -0.2) is 8.42 Å². The van der Waals surface area contributed by atoms with Crippen LogP contribution in [0.3, 0.4) is 0 Å². The third kappa shape index (κ3) is 4.44. The fraction of sp³-hybridized carbons (Fsp3) is 0.500. The molecule has 1 N–H and O–H groups in total. The number of piperidine rings is 1. The number of alkyl halides is 3. The summed E-state index contributed by atoms with van der Waals surface area (Å²) in [5, 5.41) is 1.71. The highest BCUT2D eigenvalue weighted by atomic mass is 32.2. The number of halogens is 3. The molecule has 1 fully saturated rings. The number of amides is 1. The summed E-state index contributed by atoms with van der Waals surface area (Å²) in [7, 11) is -3.90. The van der Waals surface area contributed by atoms with Crippen LogP contribution in [-0.4, -0.2) is 44.4 Å². The van der Waals surface area contributed by atoms with Crippen LogP contribution in [0, 0.1) is 0 Å². The van der Waals surface area contributed by atoms with Gasteiger partial charge in [0.05, 0.1) is 10.5 Å². The van der Waals surface area contributed by atoms with Gasteiger partial charge in [0.2, 0.25) is 10.0 Å². The van der Waals surface area contributed by atoms with Gasteiger partial charge in [-0.05, 0) is 25.0 Å². The van der Waals surface area contributed by atoms with Gasteiger partial charge in [-0.15, -0.1) is 0 Å². The van der Waals surface area contributed by atoms with Crippen LogP contribution in [0.4, 0.5) is 13.2 Å². The van der Waals surface area contributed by atoms with Crippen LogP contribution in [-0.2, 0) is 10.0 Å². The maximum absolute atomic E-state index is 12.6. The number of nitrogens with zero attached hydrogens (tertiary/aromatic N) is 1. The molecular formula is C14H17F3N2O3S. The lowest BCUT2D eigenvalue weighted by Crippen LogP contribution is -2.38. The van der Waals surface area contributed by atoms with Gasteiger partial charge in [0.15, 0.2) is 0 Å². The fourth-order valence-electron chi connectivity index (χ4n) is 2.40. The maximum atomic E-state index is 12.6. The fourth-order valence-corrected chi connectivity index (χ4v) is 4.11. The predicted octanol–water partition coefficient (Wildman–Crippen LogP) is 2.15. The Labute approximate surface area is 132 Å². The topological polar surface area (TPSA) is 66.5 Å². The summed E-state index contributed by atoms with van der Waals surface area (Å²) in [6.45, 7) is -0.814. The van der Waals surface area contributed by atoms with Gasteiger partial charge in [0, 0.05) is 13.1 Å². The second-order valence-electron chi connectivity index (χ2n) is 5.26. The zero-order chi connectivity index (χ0) is 17.1. The maximum Gasteiger partial charge on any atom is 0.405 e. The van der Waals surface area contributed by atoms with Crippen LogP contribution in [0.25, 0.3) is 0 Å². The van der Waals surface area contributed by atoms with Gasteiger partial charge in [-0.1, -0.05) is 18.6 Å². The van der Waals surface area contributed by atoms with Crippen molar-refractivity contribution in [1.82, 2.24) is 9.62 Å². The molecule has 1 aliphatic rings. The van der Waals surface area contributed by atoms with Crippen molar-refractivity contribution in [2.24, 2.45) is 0 Å². The minimum atomic E-state index is -4.56. The standard InChI is InChI=1S/C14H17F3N2O3S/c15-14(16,17)10-18-13(20)11-6-2-3-7-12(11)23(21,22)19-8-4-1-5-9-19/h2-3,6-7H,1,4-5,8-10H2,(H,18,20). The summed E-state index contributed by atoms with van der Waals surface area (Å²) in [6.07, 6.45) is -2.18. The molecule has 128 valence electrons. The van der Waals surface area contributed by atoms with E-state index in [1.807, 2.05) is 0 Å². The summed E-state index contributed by atoms with van der Waals surface area (Å²) in [4.78, 5) is 11.7. The first kappa shape index (κ1) is 17.7. The SMILES string of the molecule is O=C(NCC(F)(F)F)c1ccccc1S(=O)(=O)N1CCCCC1. The summed E-state index contributed by atoms with van der Waals surface area (Å²) < 4.78 is 63.2. The minimum Gasteiger partial charge on any atom is -0.343 e. The molecule has 1 heterocycles. The molecule has 1 amide bonds. The van der Waals surface area contributed by atoms with E-state index in [9.17, 15) is 26.4 Å². The lowest BCUT2D eigenvalue weighted by molar-refractivity contribution is -0.123. The first-order valence-corrected chi connectivity index (χ1v) is 8.60. The molecule has 2 rings (SSSR count). The molecule has 0 atom stereocenters. The van der Waals surface area contributed by atoms with E-state index < -0.39 is 28.7 Å². The van der Waals surface area contributed by atoms with Crippen molar-refractivity contribution in [3.05, 3.63) is 29.8 Å². The normalized spacial score (nSPS) is 17.0. The molecule has 1 saturated heterocycles. The zero-order valence-electron chi connectivity index (χ0n) is 12.3. The number of carbonyl (C=O) groups excluding carboxylic acids is 1. The van der Waals surface area contributed by atoms with Crippen LogP contribution < -0.4 is 5.32 Å². The Kier molecular flexibility index (Phi) is 5.30. The van der Waals surface area contributed by atoms with E-state index in [4.69, 9.17) is 0 Å². The molecule has 1 aromatic carbocycles. The van der Waals surface area contributed by atoms with E-state index in [2.05, 4.69) is 0 Å². The highest BCUT2D eigenvalue weighted by Crippen LogP contribution is 2.23. The lowest BCUT2D eigenvalue weighted by Gasteiger charge is -2.26. The Morgan fingerprint density at radius 3 is 2.35 bits per heavy atom. The van der Waals surface area contributed by atoms with Gasteiger partial charge in [-0.3, -0.25) is 4.79 Å². The first-order chi connectivity index (χ1) is 10.7. The van der Waals surface area contributed by atoms with E-state index in [0.717, 1.165) is 19.3 Å². The number of sulfonamides is 1. The molecule has 0 aromatic heterocycles. The average molecular weight is 350 g/mol. The van der Waals surface area contributed by atoms with Crippen molar-refractivity contribution in [3.63, 3.8) is 0 Å². The Balaban J connectivity index is 2.28. The molecule has 0 radical (unpaired) electrons. The predicted molar refractivity (Wildman–Crippen MR) is 77.4 cm³/mol. The Bertz CT molecular complexity index is 668. The molecule has 1 aliphatic heterocycles. The average Bonchev–Trinajstić information content (AvgIpc) is 2.53. The zero-order valence-corrected chi connectivity index (χ0v) is 13.1. The van der Waals surface area contributed by atoms with Crippen molar-refractivity contribution in [2.75, 3.05) is 19.6 Å². The summed E-state index contributed by atoms with van der Waals surface area (Å²) in [5.74, 6) is -1.06. The largest absolute Gasteiger partial charge is 0.405 e. The minimum absolute atomic E-state index is 0.262. The van der Waals surface area contributed by atoms with E-state index in [1.165, 1.54) is 28.6 Å². The van der Waals surface area contributed by atoms with Crippen LogP contribution in [0.15, 0.2) is 29.2 Å². The number of carbonyl (C=O) groups is 1. The quantitative estimate of drug-likeness (QED) is 0.905. The number of nitrogens with one attached hydrogen (secondary N) is 1. The van der Waals surface area contributed by atoms with Gasteiger partial charge in [0.1, 0.15) is 6.54 Å². The first-order valence-electron chi connectivity index (χ1n) is 7.16. The van der Waals surface area contributed by atoms with E-state index in [0.29, 0.717) is 13.1 Å². The molecule has 9 heteroatoms. The van der Waals surface area contributed by atoms with Crippen molar-refractivity contribution in [1.29, 1.82) is 0 Å². The van der Waals surface area contributed by atoms with Crippen molar-refractivity contribution in [2.45, 2.75) is 30.3 Å². The van der Waals surface area contributed by atoms with E-state index >= 15 is 0 Å². The smallest absolute Gasteiger partial charge is 0.343 e. The molecule has 1 aromatic rings. The number of hydrogen-bond acceptors (Lipinski definition) is 3. The van der Waals surface area contributed by atoms with Gasteiger partial charge in [-0.2, -0.15) is 17.5 Å². The lowest BCUT2D eigenvalue weighted by atomic mass is 10.2.